The Morgan fingerprint density at radius 1 is 0.345 bits per heavy atom. The second-order valence-corrected chi connectivity index (χ2v) is 3.11. The third-order valence-corrected chi connectivity index (χ3v) is 0. The van der Waals surface area contributed by atoms with Crippen LogP contribution >= 0.6 is 0 Å². The fraction of sp³-hybridized carbons (Fsp3) is 0.500. The van der Waals surface area contributed by atoms with Gasteiger partial charge in [0.2, 0.25) is 0 Å². The third kappa shape index (κ3) is 20600. The largest absolute Gasteiger partial charge is 0.481 e. The minimum absolute atomic E-state index is 0. The van der Waals surface area contributed by atoms with Crippen LogP contribution in [0.5, 0.6) is 0 Å². The van der Waals surface area contributed by atoms with E-state index in [1.165, 1.54) is 0 Å². The Bertz CT molecular complexity index is 268. The smallest absolute Gasteiger partial charge is 0.300 e. The van der Waals surface area contributed by atoms with E-state index in [0.717, 1.165) is 41.5 Å². The topological polar surface area (TPSA) is 318 Å². The van der Waals surface area contributed by atoms with Crippen LogP contribution in [0.1, 0.15) is 41.5 Å². The van der Waals surface area contributed by atoms with Crippen LogP contribution in [-0.2, 0) is 28.8 Å². The van der Waals surface area contributed by atoms with Crippen LogP contribution in [0.4, 0.5) is 0 Å². The summed E-state index contributed by atoms with van der Waals surface area (Å²) in [6.07, 6.45) is 0. The van der Waals surface area contributed by atoms with Crippen LogP contribution in [0.15, 0.2) is 0 Å². The number of aliphatic carboxylic acids is 6. The molecule has 15 nitrogen and oxygen atoms in total. The van der Waals surface area contributed by atoms with Gasteiger partial charge in [-0.2, -0.15) is 0 Å². The molecule has 12 N–H and O–H groups in total. The molecule has 0 saturated carbocycles. The molecule has 29 heavy (non-hydrogen) atoms. The molecule has 0 aromatic heterocycles. The summed E-state index contributed by atoms with van der Waals surface area (Å²) in [4.78, 5) is 54.0. The van der Waals surface area contributed by atoms with Gasteiger partial charge in [0.25, 0.3) is 35.8 Å². The number of carboxylic acids is 6. The van der Waals surface area contributed by atoms with Gasteiger partial charge < -0.3 is 47.1 Å². The normalized spacial score (nSPS) is 5.17. The van der Waals surface area contributed by atoms with E-state index in [4.69, 9.17) is 59.4 Å². The van der Waals surface area contributed by atoms with Crippen molar-refractivity contribution in [1.29, 1.82) is 0 Å². The summed E-state index contributed by atoms with van der Waals surface area (Å²) in [5.74, 6) is -5.00. The first-order chi connectivity index (χ1) is 10.4. The van der Waals surface area contributed by atoms with Crippen molar-refractivity contribution < 1.29 is 147 Å². The Morgan fingerprint density at radius 2 is 0.345 bits per heavy atom. The fourth-order valence-corrected chi connectivity index (χ4v) is 0. The van der Waals surface area contributed by atoms with Crippen LogP contribution in [0, 0.1) is 71.2 Å². The van der Waals surface area contributed by atoms with Gasteiger partial charge in [0.1, 0.15) is 0 Å². The zero-order valence-corrected chi connectivity index (χ0v) is 24.0. The molecule has 0 aromatic rings. The zero-order chi connectivity index (χ0) is 21.5. The first-order valence-electron chi connectivity index (χ1n) is 5.57. The average Bonchev–Trinajstić information content (AvgIpc) is 2.08. The van der Waals surface area contributed by atoms with E-state index in [-0.39, 0.29) is 87.6 Å². The zero-order valence-electron chi connectivity index (χ0n) is 16.8. The Balaban J connectivity index is -0.0000000144. The second-order valence-electron chi connectivity index (χ2n) is 3.11. The van der Waals surface area contributed by atoms with Crippen LogP contribution in [0.3, 0.4) is 0 Å². The van der Waals surface area contributed by atoms with Crippen molar-refractivity contribution in [2.75, 3.05) is 0 Å². The Hall–Kier alpha value is -0.910. The van der Waals surface area contributed by atoms with Crippen molar-refractivity contribution in [3.8, 4) is 0 Å². The van der Waals surface area contributed by atoms with Gasteiger partial charge in [-0.3, -0.25) is 28.8 Å². The maximum absolute atomic E-state index is 9.00. The van der Waals surface area contributed by atoms with Crippen molar-refractivity contribution in [1.82, 2.24) is 0 Å². The van der Waals surface area contributed by atoms with Crippen molar-refractivity contribution >= 4 is 35.8 Å². The van der Waals surface area contributed by atoms with Gasteiger partial charge in [-0.25, -0.2) is 0 Å². The van der Waals surface area contributed by atoms with Crippen LogP contribution in [0.2, 0.25) is 0 Å². The van der Waals surface area contributed by atoms with Gasteiger partial charge in [0.05, 0.1) is 0 Å². The van der Waals surface area contributed by atoms with Crippen molar-refractivity contribution in [3.05, 3.63) is 0 Å². The van der Waals surface area contributed by atoms with Gasteiger partial charge in [-0.15, -0.1) is 0 Å². The molecule has 0 aliphatic heterocycles. The van der Waals surface area contributed by atoms with E-state index >= 15 is 0 Å². The minimum Gasteiger partial charge on any atom is -0.481 e. The SMILES string of the molecule is CC(=O)O.CC(=O)O.CC(=O)O.CC(=O)O.CC(=O)O.CC(=O)O.O.O.O.[La].[La]. The molecule has 0 heterocycles. The van der Waals surface area contributed by atoms with Crippen molar-refractivity contribution in [2.45, 2.75) is 41.5 Å². The first kappa shape index (κ1) is 70.6. The maximum atomic E-state index is 9.00. The van der Waals surface area contributed by atoms with E-state index in [0.29, 0.717) is 0 Å². The summed E-state index contributed by atoms with van der Waals surface area (Å²) < 4.78 is 0. The van der Waals surface area contributed by atoms with Gasteiger partial charge in [0.15, 0.2) is 0 Å². The van der Waals surface area contributed by atoms with Gasteiger partial charge in [0, 0.05) is 113 Å². The number of hydrogen-bond acceptors (Lipinski definition) is 6. The number of carbonyl (C=O) groups is 6. The predicted molar refractivity (Wildman–Crippen MR) is 90.7 cm³/mol. The van der Waals surface area contributed by atoms with Gasteiger partial charge >= 0.3 is 0 Å². The molecule has 174 valence electrons. The van der Waals surface area contributed by atoms with E-state index < -0.39 is 35.8 Å². The molecule has 0 rings (SSSR count). The molecule has 0 aliphatic carbocycles. The van der Waals surface area contributed by atoms with E-state index in [9.17, 15) is 0 Å². The second kappa shape index (κ2) is 63.1. The summed E-state index contributed by atoms with van der Waals surface area (Å²) >= 11 is 0. The molecule has 0 spiro atoms. The van der Waals surface area contributed by atoms with E-state index in [1.54, 1.807) is 0 Å². The average molecular weight is 692 g/mol. The molecule has 2 radical (unpaired) electrons. The molecular weight excluding hydrogens is 662 g/mol. The van der Waals surface area contributed by atoms with Crippen LogP contribution < -0.4 is 0 Å². The number of hydrogen-bond donors (Lipinski definition) is 6. The summed E-state index contributed by atoms with van der Waals surface area (Å²) in [6.45, 7) is 6.50. The standard InChI is InChI=1S/6C2H4O2.2La.3H2O/c6*1-2(3)4;;;;;/h6*1H3,(H,3,4);;;3*1H2. The maximum Gasteiger partial charge on any atom is 0.300 e. The summed E-state index contributed by atoms with van der Waals surface area (Å²) in [5.41, 5.74) is 0. The Kier molecular flexibility index (Phi) is 154. The number of carboxylic acid groups (broad SMARTS) is 6. The number of rotatable bonds is 0. The van der Waals surface area contributed by atoms with Gasteiger partial charge in [-0.1, -0.05) is 0 Å². The molecule has 0 aromatic carbocycles. The molecule has 0 fully saturated rings. The molecule has 0 amide bonds. The minimum atomic E-state index is -0.833. The molecular formula is C12H30La2O15. The predicted octanol–water partition coefficient (Wildman–Crippen LogP) is -1.93. The fourth-order valence-electron chi connectivity index (χ4n) is 0. The Morgan fingerprint density at radius 3 is 0.345 bits per heavy atom. The van der Waals surface area contributed by atoms with Crippen molar-refractivity contribution in [2.24, 2.45) is 0 Å². The van der Waals surface area contributed by atoms with E-state index in [1.807, 2.05) is 0 Å². The summed E-state index contributed by atoms with van der Waals surface area (Å²) in [7, 11) is 0. The van der Waals surface area contributed by atoms with Crippen molar-refractivity contribution in [3.63, 3.8) is 0 Å². The van der Waals surface area contributed by atoms with Crippen LogP contribution in [-0.4, -0.2) is 82.9 Å². The summed E-state index contributed by atoms with van der Waals surface area (Å²) in [6, 6.07) is 0. The summed E-state index contributed by atoms with van der Waals surface area (Å²) in [5, 5.41) is 44.5. The third-order valence-electron chi connectivity index (χ3n) is 0. The molecule has 0 unspecified atom stereocenters. The first-order valence-corrected chi connectivity index (χ1v) is 5.57. The molecule has 0 bridgehead atoms. The molecule has 0 saturated heterocycles. The molecule has 0 atom stereocenters. The quantitative estimate of drug-likeness (QED) is 0.162. The van der Waals surface area contributed by atoms with Gasteiger partial charge in [-0.05, 0) is 0 Å². The molecule has 17 heteroatoms. The Labute approximate surface area is 222 Å². The molecule has 0 aliphatic rings. The van der Waals surface area contributed by atoms with Crippen LogP contribution in [0.25, 0.3) is 0 Å². The van der Waals surface area contributed by atoms with E-state index in [2.05, 4.69) is 0 Å². The monoisotopic (exact) mass is 692 g/mol.